The average Bonchev–Trinajstić information content (AvgIpc) is 3.26. The summed E-state index contributed by atoms with van der Waals surface area (Å²) in [5.41, 5.74) is 3.10. The Morgan fingerprint density at radius 1 is 1.05 bits per heavy atom. The van der Waals surface area contributed by atoms with Crippen LogP contribution in [-0.4, -0.2) is 62.5 Å². The van der Waals surface area contributed by atoms with E-state index in [0.717, 1.165) is 48.0 Å². The van der Waals surface area contributed by atoms with Gasteiger partial charge in [-0.05, 0) is 63.4 Å². The van der Waals surface area contributed by atoms with Crippen LogP contribution in [0.25, 0.3) is 5.57 Å². The minimum Gasteiger partial charge on any atom is -0.350 e. The molecule has 1 saturated heterocycles. The van der Waals surface area contributed by atoms with Crippen molar-refractivity contribution < 1.29 is 9.18 Å². The molecule has 1 aliphatic carbocycles. The van der Waals surface area contributed by atoms with Gasteiger partial charge < -0.3 is 14.7 Å². The summed E-state index contributed by atoms with van der Waals surface area (Å²) in [5, 5.41) is 0. The number of pyridine rings is 2. The molecule has 0 bridgehead atoms. The second-order valence-corrected chi connectivity index (χ2v) is 10.9. The molecule has 2 aliphatic heterocycles. The number of hydrogen-bond acceptors (Lipinski definition) is 7. The number of fused-ring (bicyclic) bond motifs is 2. The van der Waals surface area contributed by atoms with E-state index in [1.807, 2.05) is 26.1 Å². The second-order valence-electron chi connectivity index (χ2n) is 10.9. The van der Waals surface area contributed by atoms with Gasteiger partial charge in [-0.25, -0.2) is 24.3 Å². The van der Waals surface area contributed by atoms with Crippen molar-refractivity contribution in [3.63, 3.8) is 0 Å². The second kappa shape index (κ2) is 9.15. The molecule has 3 aromatic rings. The SMILES string of the molecule is C=C(C)c1ccnc(N2CC3(CCC3)c3c2ncnc3N2C[C@@H](C)N(C(=O)c3ncccc3F)C[C@@H]2C)c1. The number of carbonyl (C=O) groups excluding carboxylic acids is 1. The van der Waals surface area contributed by atoms with E-state index in [1.165, 1.54) is 30.3 Å². The Labute approximate surface area is 222 Å². The molecular weight excluding hydrogens is 481 g/mol. The normalized spacial score (nSPS) is 21.8. The fourth-order valence-corrected chi connectivity index (χ4v) is 6.14. The predicted octanol–water partition coefficient (Wildman–Crippen LogP) is 4.75. The lowest BCUT2D eigenvalue weighted by Gasteiger charge is -2.46. The summed E-state index contributed by atoms with van der Waals surface area (Å²) >= 11 is 0. The smallest absolute Gasteiger partial charge is 0.275 e. The third kappa shape index (κ3) is 3.83. The van der Waals surface area contributed by atoms with Gasteiger partial charge in [0.05, 0.1) is 0 Å². The maximum atomic E-state index is 14.3. The molecule has 9 heteroatoms. The highest BCUT2D eigenvalue weighted by Crippen LogP contribution is 2.56. The van der Waals surface area contributed by atoms with Crippen LogP contribution in [0.1, 0.15) is 61.6 Å². The van der Waals surface area contributed by atoms with Gasteiger partial charge in [0.2, 0.25) is 0 Å². The number of aromatic nitrogens is 4. The first kappa shape index (κ1) is 24.5. The fourth-order valence-electron chi connectivity index (χ4n) is 6.14. The summed E-state index contributed by atoms with van der Waals surface area (Å²) in [6, 6.07) is 6.67. The summed E-state index contributed by atoms with van der Waals surface area (Å²) in [6.45, 7) is 12.0. The predicted molar refractivity (Wildman–Crippen MR) is 145 cm³/mol. The zero-order chi connectivity index (χ0) is 26.6. The van der Waals surface area contributed by atoms with Gasteiger partial charge in [-0.1, -0.05) is 18.6 Å². The standard InChI is InChI=1S/C29H32FN7O/c1-18(2)21-8-12-31-23(13-21)37-16-29(9-6-10-29)24-26(33-17-34-27(24)37)35-14-20(4)36(15-19(35)3)28(38)25-22(30)7-5-11-32-25/h5,7-8,11-13,17,19-20H,1,6,9-10,14-16H2,2-4H3/t19-,20+/m0/s1. The Morgan fingerprint density at radius 2 is 1.84 bits per heavy atom. The van der Waals surface area contributed by atoms with E-state index >= 15 is 0 Å². The van der Waals surface area contributed by atoms with E-state index in [9.17, 15) is 9.18 Å². The van der Waals surface area contributed by atoms with Gasteiger partial charge in [0.25, 0.3) is 5.91 Å². The van der Waals surface area contributed by atoms with Crippen molar-refractivity contribution in [1.29, 1.82) is 0 Å². The number of halogens is 1. The van der Waals surface area contributed by atoms with Gasteiger partial charge in [-0.3, -0.25) is 4.79 Å². The van der Waals surface area contributed by atoms with Crippen molar-refractivity contribution in [2.24, 2.45) is 0 Å². The van der Waals surface area contributed by atoms with Gasteiger partial charge in [0.15, 0.2) is 11.5 Å². The van der Waals surface area contributed by atoms with Crippen LogP contribution < -0.4 is 9.80 Å². The molecule has 3 aromatic heterocycles. The Hall–Kier alpha value is -3.88. The molecule has 3 aliphatic rings. The molecule has 6 rings (SSSR count). The third-order valence-electron chi connectivity index (χ3n) is 8.36. The summed E-state index contributed by atoms with van der Waals surface area (Å²) < 4.78 is 14.3. The Bertz CT molecular complexity index is 1420. The van der Waals surface area contributed by atoms with Crippen LogP contribution in [0.3, 0.4) is 0 Å². The first-order chi connectivity index (χ1) is 18.3. The average molecular weight is 514 g/mol. The molecule has 1 amide bonds. The number of anilines is 3. The zero-order valence-corrected chi connectivity index (χ0v) is 22.1. The lowest BCUT2D eigenvalue weighted by atomic mass is 9.66. The van der Waals surface area contributed by atoms with Gasteiger partial charge in [-0.2, -0.15) is 0 Å². The lowest BCUT2D eigenvalue weighted by molar-refractivity contribution is 0.0632. The first-order valence-electron chi connectivity index (χ1n) is 13.2. The van der Waals surface area contributed by atoms with Crippen LogP contribution in [0.4, 0.5) is 21.8 Å². The molecule has 0 N–H and O–H groups in total. The van der Waals surface area contributed by atoms with Crippen molar-refractivity contribution in [3.8, 4) is 0 Å². The van der Waals surface area contributed by atoms with Crippen LogP contribution in [0.15, 0.2) is 49.6 Å². The van der Waals surface area contributed by atoms with E-state index in [1.54, 1.807) is 11.2 Å². The van der Waals surface area contributed by atoms with Crippen molar-refractivity contribution in [1.82, 2.24) is 24.8 Å². The first-order valence-corrected chi connectivity index (χ1v) is 13.2. The molecule has 1 spiro atoms. The maximum Gasteiger partial charge on any atom is 0.275 e. The maximum absolute atomic E-state index is 14.3. The molecule has 5 heterocycles. The van der Waals surface area contributed by atoms with Crippen molar-refractivity contribution in [2.75, 3.05) is 29.4 Å². The summed E-state index contributed by atoms with van der Waals surface area (Å²) in [4.78, 5) is 37.8. The highest BCUT2D eigenvalue weighted by Gasteiger charge is 2.52. The fraction of sp³-hybridized carbons (Fsp3) is 0.414. The molecule has 0 unspecified atom stereocenters. The van der Waals surface area contributed by atoms with E-state index in [4.69, 9.17) is 15.0 Å². The van der Waals surface area contributed by atoms with Gasteiger partial charge in [0, 0.05) is 55.1 Å². The van der Waals surface area contributed by atoms with Crippen molar-refractivity contribution in [3.05, 3.63) is 72.2 Å². The number of nitrogens with zero attached hydrogens (tertiary/aromatic N) is 7. The number of piperazine rings is 1. The highest BCUT2D eigenvalue weighted by atomic mass is 19.1. The van der Waals surface area contributed by atoms with E-state index < -0.39 is 5.82 Å². The molecule has 8 nitrogen and oxygen atoms in total. The van der Waals surface area contributed by atoms with Crippen LogP contribution in [-0.2, 0) is 5.41 Å². The third-order valence-corrected chi connectivity index (χ3v) is 8.36. The number of amides is 1. The molecule has 2 fully saturated rings. The van der Waals surface area contributed by atoms with Crippen LogP contribution in [0.5, 0.6) is 0 Å². The molecule has 0 aromatic carbocycles. The van der Waals surface area contributed by atoms with E-state index in [0.29, 0.717) is 13.1 Å². The Morgan fingerprint density at radius 3 is 2.55 bits per heavy atom. The van der Waals surface area contributed by atoms with Crippen LogP contribution in [0, 0.1) is 5.82 Å². The minimum atomic E-state index is -0.593. The summed E-state index contributed by atoms with van der Waals surface area (Å²) in [7, 11) is 0. The van der Waals surface area contributed by atoms with Crippen LogP contribution >= 0.6 is 0 Å². The topological polar surface area (TPSA) is 78.4 Å². The van der Waals surface area contributed by atoms with Gasteiger partial charge >= 0.3 is 0 Å². The minimum absolute atomic E-state index is 0.0141. The Kier molecular flexibility index (Phi) is 5.89. The summed E-state index contributed by atoms with van der Waals surface area (Å²) in [6.07, 6.45) is 8.26. The van der Waals surface area contributed by atoms with E-state index in [2.05, 4.69) is 34.4 Å². The quantitative estimate of drug-likeness (QED) is 0.498. The largest absolute Gasteiger partial charge is 0.350 e. The van der Waals surface area contributed by atoms with E-state index in [-0.39, 0.29) is 29.1 Å². The highest BCUT2D eigenvalue weighted by molar-refractivity contribution is 5.93. The van der Waals surface area contributed by atoms with Gasteiger partial charge in [0.1, 0.15) is 23.8 Å². The van der Waals surface area contributed by atoms with Crippen molar-refractivity contribution >= 4 is 28.9 Å². The Balaban J connectivity index is 1.34. The molecule has 2 atom stereocenters. The molecule has 196 valence electrons. The number of carbonyl (C=O) groups is 1. The number of allylic oxidation sites excluding steroid dienone is 1. The molecule has 0 radical (unpaired) electrons. The monoisotopic (exact) mass is 513 g/mol. The number of hydrogen-bond donors (Lipinski definition) is 0. The molecular formula is C29H32FN7O. The summed E-state index contributed by atoms with van der Waals surface area (Å²) in [5.74, 6) is 1.75. The van der Waals surface area contributed by atoms with Gasteiger partial charge in [-0.15, -0.1) is 0 Å². The number of rotatable bonds is 4. The van der Waals surface area contributed by atoms with Crippen LogP contribution in [0.2, 0.25) is 0 Å². The zero-order valence-electron chi connectivity index (χ0n) is 22.1. The lowest BCUT2D eigenvalue weighted by Crippen LogP contribution is -2.59. The molecule has 38 heavy (non-hydrogen) atoms. The van der Waals surface area contributed by atoms with Crippen molar-refractivity contribution in [2.45, 2.75) is 57.5 Å². The molecule has 1 saturated carbocycles.